The van der Waals surface area contributed by atoms with Crippen LogP contribution in [0.3, 0.4) is 0 Å². The lowest BCUT2D eigenvalue weighted by Gasteiger charge is -2.39. The summed E-state index contributed by atoms with van der Waals surface area (Å²) in [6.07, 6.45) is 16.2. The molecule has 6 aliphatic rings. The largest absolute Gasteiger partial charge is 0.495 e. The molecule has 18 rings (SSSR count). The molecular weight excluding hydrogens is 1730 g/mol. The molecule has 4 N–H and O–H groups in total. The number of hydrogen-bond donors (Lipinski definition) is 4. The number of pyridine rings is 3. The van der Waals surface area contributed by atoms with E-state index in [0.717, 1.165) is 146 Å². The summed E-state index contributed by atoms with van der Waals surface area (Å²) in [4.78, 5) is 79.5. The molecule has 2 saturated heterocycles. The number of piperazine rings is 2. The lowest BCUT2D eigenvalue weighted by molar-refractivity contribution is -0.386. The van der Waals surface area contributed by atoms with Crippen molar-refractivity contribution < 1.29 is 60.0 Å². The number of hydrogen-bond acceptors (Lipinski definition) is 22. The Morgan fingerprint density at radius 3 is 1.38 bits per heavy atom. The van der Waals surface area contributed by atoms with Gasteiger partial charge in [0.1, 0.15) is 51.5 Å². The van der Waals surface area contributed by atoms with Crippen LogP contribution in [0.1, 0.15) is 120 Å². The number of aromatic nitrogens is 5. The number of nitro groups is 2. The highest BCUT2D eigenvalue weighted by Crippen LogP contribution is 2.48. The number of nitrogens with zero attached hydrogens (tertiary/aromatic N) is 9. The molecule has 32 heteroatoms. The molecule has 0 spiro atoms. The molecule has 28 nitrogen and oxygen atoms in total. The van der Waals surface area contributed by atoms with Crippen molar-refractivity contribution >= 4 is 111 Å². The second kappa shape index (κ2) is 37.8. The van der Waals surface area contributed by atoms with Crippen LogP contribution in [0.2, 0.25) is 10.0 Å². The highest BCUT2D eigenvalue weighted by Gasteiger charge is 2.38. The number of aromatic amines is 2. The number of benzene rings is 7. The van der Waals surface area contributed by atoms with E-state index in [2.05, 4.69) is 106 Å². The predicted molar refractivity (Wildman–Crippen MR) is 500 cm³/mol. The summed E-state index contributed by atoms with van der Waals surface area (Å²) >= 11 is 12.5. The summed E-state index contributed by atoms with van der Waals surface area (Å²) in [5.41, 5.74) is 13.0. The van der Waals surface area contributed by atoms with Crippen molar-refractivity contribution in [3.63, 3.8) is 0 Å². The number of carbonyl (C=O) groups is 2. The molecule has 4 aliphatic heterocycles. The van der Waals surface area contributed by atoms with E-state index in [-0.39, 0.29) is 87.7 Å². The molecule has 12 aromatic rings. The van der Waals surface area contributed by atoms with Gasteiger partial charge >= 0.3 is 0 Å². The van der Waals surface area contributed by atoms with Crippen molar-refractivity contribution in [3.8, 4) is 40.2 Å². The first-order valence-electron chi connectivity index (χ1n) is 43.4. The van der Waals surface area contributed by atoms with Gasteiger partial charge in [-0.2, -0.15) is 0 Å². The number of sulfonamides is 2. The Morgan fingerprint density at radius 2 is 0.962 bits per heavy atom. The number of fused-ring (bicyclic) bond motifs is 4. The number of ether oxygens (including phenoxy) is 5. The molecule has 130 heavy (non-hydrogen) atoms. The summed E-state index contributed by atoms with van der Waals surface area (Å²) in [7, 11) is -7.74. The number of nitrogens with one attached hydrogen (secondary N) is 4. The summed E-state index contributed by atoms with van der Waals surface area (Å²) in [5, 5.41) is 27.8. The van der Waals surface area contributed by atoms with Gasteiger partial charge in [-0.1, -0.05) is 117 Å². The number of anilines is 2. The maximum atomic E-state index is 14.1. The number of allylic oxidation sites excluding steroid dienone is 2. The molecule has 2 aliphatic carbocycles. The van der Waals surface area contributed by atoms with Crippen LogP contribution in [0.4, 0.5) is 22.7 Å². The van der Waals surface area contributed by atoms with Crippen molar-refractivity contribution in [3.05, 3.63) is 293 Å². The summed E-state index contributed by atoms with van der Waals surface area (Å²) < 4.78 is 89.8. The third kappa shape index (κ3) is 20.8. The molecule has 0 unspecified atom stereocenters. The highest BCUT2D eigenvalue weighted by atomic mass is 35.5. The number of amides is 2. The van der Waals surface area contributed by atoms with E-state index in [0.29, 0.717) is 66.5 Å². The molecule has 0 bridgehead atoms. The zero-order chi connectivity index (χ0) is 90.8. The number of nitro benzene ring substituents is 2. The number of carbonyl (C=O) groups excluding carboxylic acids is 2. The summed E-state index contributed by atoms with van der Waals surface area (Å²) in [6.45, 7) is 17.6. The van der Waals surface area contributed by atoms with Crippen LogP contribution in [0.5, 0.6) is 40.2 Å². The van der Waals surface area contributed by atoms with Crippen molar-refractivity contribution in [1.82, 2.24) is 44.2 Å². The maximum absolute atomic E-state index is 14.1. The van der Waals surface area contributed by atoms with Gasteiger partial charge in [0, 0.05) is 164 Å². The lowest BCUT2D eigenvalue weighted by atomic mass is 9.72. The van der Waals surface area contributed by atoms with Gasteiger partial charge in [-0.25, -0.2) is 36.2 Å². The van der Waals surface area contributed by atoms with Crippen molar-refractivity contribution in [2.24, 2.45) is 22.7 Å². The van der Waals surface area contributed by atoms with E-state index in [9.17, 15) is 46.7 Å². The van der Waals surface area contributed by atoms with Crippen LogP contribution in [0.15, 0.2) is 228 Å². The Balaban J connectivity index is 0.000000182. The van der Waals surface area contributed by atoms with Crippen molar-refractivity contribution in [1.29, 1.82) is 0 Å². The van der Waals surface area contributed by atoms with Gasteiger partial charge in [-0.05, 0) is 188 Å². The molecule has 672 valence electrons. The Bertz CT molecular complexity index is 6620. The maximum Gasteiger partial charge on any atom is 0.277 e. The van der Waals surface area contributed by atoms with Crippen LogP contribution in [0.25, 0.3) is 33.2 Å². The van der Waals surface area contributed by atoms with Gasteiger partial charge in [0.25, 0.3) is 43.2 Å². The van der Waals surface area contributed by atoms with Crippen LogP contribution < -0.4 is 42.9 Å². The quantitative estimate of drug-likeness (QED) is 0.0305. The van der Waals surface area contributed by atoms with E-state index < -0.39 is 57.2 Å². The first kappa shape index (κ1) is 89.3. The first-order valence-corrected chi connectivity index (χ1v) is 47.1. The number of halogens is 2. The van der Waals surface area contributed by atoms with E-state index in [4.69, 9.17) is 46.9 Å². The molecule has 9 heterocycles. The first-order chi connectivity index (χ1) is 62.5. The molecular formula is C98H99Cl2N13O15S2. The molecule has 2 atom stereocenters. The predicted octanol–water partition coefficient (Wildman–Crippen LogP) is 18.6. The second-order valence-electron chi connectivity index (χ2n) is 35.7. The van der Waals surface area contributed by atoms with Gasteiger partial charge in [-0.15, -0.1) is 0 Å². The lowest BCUT2D eigenvalue weighted by Crippen LogP contribution is -2.47. The minimum Gasteiger partial charge on any atom is -0.495 e. The van der Waals surface area contributed by atoms with Gasteiger partial charge in [0.05, 0.1) is 80.8 Å². The third-order valence-corrected chi connectivity index (χ3v) is 28.4. The van der Waals surface area contributed by atoms with Gasteiger partial charge in [0.2, 0.25) is 0 Å². The second-order valence-corrected chi connectivity index (χ2v) is 39.9. The fourth-order valence-electron chi connectivity index (χ4n) is 18.2. The summed E-state index contributed by atoms with van der Waals surface area (Å²) in [5.74, 6) is -0.450. The van der Waals surface area contributed by atoms with E-state index in [1.165, 1.54) is 64.0 Å². The summed E-state index contributed by atoms with van der Waals surface area (Å²) in [6, 6.07) is 51.5. The molecule has 2 fully saturated rings. The Labute approximate surface area is 763 Å². The van der Waals surface area contributed by atoms with Gasteiger partial charge < -0.3 is 43.5 Å². The fourth-order valence-corrected chi connectivity index (χ4v) is 20.5. The molecule has 0 saturated carbocycles. The average Bonchev–Trinajstić information content (AvgIpc) is 0.852. The van der Waals surface area contributed by atoms with Crippen LogP contribution in [-0.4, -0.2) is 159 Å². The van der Waals surface area contributed by atoms with Crippen molar-refractivity contribution in [2.75, 3.05) is 95.6 Å². The fraction of sp³-hybridized carbons (Fsp3) is 0.316. The van der Waals surface area contributed by atoms with Gasteiger partial charge in [0.15, 0.2) is 0 Å². The van der Waals surface area contributed by atoms with E-state index in [1.54, 1.807) is 74.2 Å². The van der Waals surface area contributed by atoms with Crippen LogP contribution in [0, 0.1) is 42.9 Å². The van der Waals surface area contributed by atoms with Gasteiger partial charge in [-0.3, -0.25) is 44.6 Å². The average molecular weight is 1830 g/mol. The zero-order valence-electron chi connectivity index (χ0n) is 72.6. The Hall–Kier alpha value is -12.7. The standard InChI is InChI=1S/C49H50ClN7O8S.C49H49ClN6O7S/c1-49(2)14-12-34(43(26-49)32-4-6-35(50)7-5-32)29-55-16-18-56(19-17-55)37-9-11-41(46(23-37)65-39-22-33-13-15-51-47(33)53-28-39)48(58)54-66(61,62)40-24-44(57(59)60)42-21-31(30-64-45(42)25-40)20-36-8-10-38(63-3)27-52-36;1-49(2)16-14-36(43(28-49)34-8-10-37(50)11-9-34)30-54-18-20-55(21-19-54)38-12-13-41(46(25-38)63-39-24-35-15-17-51-47(35)52-29-39)48(57)53-64(60,61)40-26-44(56(58)59)42-23-33(31-62-45(42)27-40)22-32-6-4-3-5-7-32/h4-11,13,15,22-25,27-28,31H,12,14,16-21,26,29-30H2,1-3H3,(H,51,53)(H,54,58);3-13,15,17,24-27,29,33H,14,16,18-23,28,30-31H2,1-2H3,(H,51,52)(H,53,57)/t31-;33-/m11/s1. The minimum atomic E-state index is -4.66. The van der Waals surface area contributed by atoms with Crippen LogP contribution in [-0.2, 0) is 45.7 Å². The topological polar surface area (TPSA) is 342 Å². The number of methoxy groups -OCH3 is 1. The normalized spacial score (nSPS) is 17.6. The highest BCUT2D eigenvalue weighted by molar-refractivity contribution is 7.90. The van der Waals surface area contributed by atoms with E-state index in [1.807, 2.05) is 72.8 Å². The SMILES string of the molecule is CC1(C)CCC(CN2CCN(c3ccc(C(=O)NS(=O)(=O)c4cc5c(c([N+](=O)[O-])c4)C[C@@H](Cc4ccccc4)CO5)c(Oc4cnc5[nH]ccc5c4)c3)CC2)=C(c2ccc(Cl)cc2)C1.COc1ccc(C[C@H]2COc3cc(S(=O)(=O)NC(=O)c4ccc(N5CCN(CC6=C(c7ccc(Cl)cc7)CC(C)(C)CC6)CC5)cc4Oc4cnc5[nH]ccc5c4)cc([N+](=O)[O-])c3C2)nc1. The molecule has 2 amide bonds. The zero-order valence-corrected chi connectivity index (χ0v) is 75.7. The minimum absolute atomic E-state index is 0.0461. The molecule has 7 aromatic carbocycles. The van der Waals surface area contributed by atoms with Crippen molar-refractivity contribution in [2.45, 2.75) is 102 Å². The van der Waals surface area contributed by atoms with E-state index >= 15 is 0 Å². The molecule has 0 radical (unpaired) electrons. The Kier molecular flexibility index (Phi) is 25.9. The number of rotatable bonds is 25. The monoisotopic (exact) mass is 1830 g/mol. The smallest absolute Gasteiger partial charge is 0.277 e. The number of H-pyrrole nitrogens is 2. The Morgan fingerprint density at radius 1 is 0.523 bits per heavy atom. The molecule has 5 aromatic heterocycles. The van der Waals surface area contributed by atoms with Crippen LogP contribution >= 0.6 is 23.2 Å². The third-order valence-electron chi connectivity index (χ3n) is 25.3.